The molecule has 21 heavy (non-hydrogen) atoms. The average Bonchev–Trinajstić information content (AvgIpc) is 2.47. The Balaban J connectivity index is 2.30. The molecule has 0 spiro atoms. The highest BCUT2D eigenvalue weighted by Gasteiger charge is 2.20. The molecule has 1 atom stereocenters. The van der Waals surface area contributed by atoms with Crippen molar-refractivity contribution < 1.29 is 4.92 Å². The topological polar surface area (TPSA) is 67.2 Å². The molecule has 0 aliphatic carbocycles. The zero-order valence-electron chi connectivity index (χ0n) is 12.4. The molecule has 5 heteroatoms. The molecule has 2 rings (SSSR count). The second-order valence-corrected chi connectivity index (χ2v) is 4.99. The largest absolute Gasteiger partial charge is 0.382 e. The number of nitro benzene ring substituents is 1. The molecule has 2 N–H and O–H groups in total. The molecule has 0 amide bonds. The second kappa shape index (κ2) is 6.26. The number of anilines is 2. The van der Waals surface area contributed by atoms with Crippen molar-refractivity contribution in [3.05, 3.63) is 63.7 Å². The van der Waals surface area contributed by atoms with Gasteiger partial charge < -0.3 is 10.6 Å². The predicted octanol–water partition coefficient (Wildman–Crippen LogP) is 4.12. The first-order chi connectivity index (χ1) is 10.0. The summed E-state index contributed by atoms with van der Waals surface area (Å²) >= 11 is 0. The maximum atomic E-state index is 11.3. The van der Waals surface area contributed by atoms with Crippen LogP contribution in [-0.4, -0.2) is 12.0 Å². The minimum absolute atomic E-state index is 0.0172. The van der Waals surface area contributed by atoms with Crippen molar-refractivity contribution in [1.82, 2.24) is 0 Å². The van der Waals surface area contributed by atoms with Crippen LogP contribution in [-0.2, 0) is 0 Å². The molecule has 0 heterocycles. The molecule has 2 aromatic carbocycles. The van der Waals surface area contributed by atoms with Gasteiger partial charge in [-0.1, -0.05) is 35.9 Å². The third-order valence-electron chi connectivity index (χ3n) is 3.44. The van der Waals surface area contributed by atoms with E-state index in [-0.39, 0.29) is 16.7 Å². The van der Waals surface area contributed by atoms with Crippen LogP contribution in [0.4, 0.5) is 17.1 Å². The lowest BCUT2D eigenvalue weighted by Crippen LogP contribution is -2.09. The van der Waals surface area contributed by atoms with E-state index < -0.39 is 0 Å². The summed E-state index contributed by atoms with van der Waals surface area (Å²) in [5.74, 6) is 0. The van der Waals surface area contributed by atoms with Crippen molar-refractivity contribution in [3.63, 3.8) is 0 Å². The van der Waals surface area contributed by atoms with E-state index in [1.165, 1.54) is 5.56 Å². The minimum Gasteiger partial charge on any atom is -0.382 e. The van der Waals surface area contributed by atoms with Crippen LogP contribution in [0.15, 0.2) is 42.5 Å². The Labute approximate surface area is 124 Å². The second-order valence-electron chi connectivity index (χ2n) is 4.99. The molecule has 1 unspecified atom stereocenters. The van der Waals surface area contributed by atoms with Crippen molar-refractivity contribution in [2.75, 3.05) is 17.7 Å². The zero-order valence-corrected chi connectivity index (χ0v) is 12.4. The van der Waals surface area contributed by atoms with Crippen LogP contribution in [0, 0.1) is 17.0 Å². The minimum atomic E-state index is -0.365. The Kier molecular flexibility index (Phi) is 4.42. The Bertz CT molecular complexity index is 638. The van der Waals surface area contributed by atoms with Gasteiger partial charge in [-0.3, -0.25) is 10.1 Å². The lowest BCUT2D eigenvalue weighted by atomic mass is 10.1. The van der Waals surface area contributed by atoms with Crippen LogP contribution in [0.3, 0.4) is 0 Å². The van der Waals surface area contributed by atoms with Crippen LogP contribution in [0.2, 0.25) is 0 Å². The van der Waals surface area contributed by atoms with Gasteiger partial charge >= 0.3 is 5.69 Å². The highest BCUT2D eigenvalue weighted by molar-refractivity contribution is 5.76. The summed E-state index contributed by atoms with van der Waals surface area (Å²) in [6, 6.07) is 13.3. The molecule has 0 saturated carbocycles. The fourth-order valence-electron chi connectivity index (χ4n) is 2.23. The molecule has 5 nitrogen and oxygen atoms in total. The van der Waals surface area contributed by atoms with E-state index in [9.17, 15) is 10.1 Å². The molecule has 0 aliphatic rings. The number of hydrogen-bond acceptors (Lipinski definition) is 4. The third kappa shape index (κ3) is 3.31. The summed E-state index contributed by atoms with van der Waals surface area (Å²) in [4.78, 5) is 10.9. The summed E-state index contributed by atoms with van der Waals surface area (Å²) in [6.07, 6.45) is 0. The fraction of sp³-hybridized carbons (Fsp3) is 0.250. The molecule has 0 saturated heterocycles. The van der Waals surface area contributed by atoms with Crippen LogP contribution in [0.1, 0.15) is 24.1 Å². The van der Waals surface area contributed by atoms with E-state index in [4.69, 9.17) is 0 Å². The van der Waals surface area contributed by atoms with Crippen molar-refractivity contribution in [2.24, 2.45) is 0 Å². The summed E-state index contributed by atoms with van der Waals surface area (Å²) in [6.45, 7) is 4.02. The van der Waals surface area contributed by atoms with Crippen molar-refractivity contribution in [1.29, 1.82) is 0 Å². The Hall–Kier alpha value is -2.56. The Morgan fingerprint density at radius 3 is 2.29 bits per heavy atom. The number of nitro groups is 1. The number of rotatable bonds is 5. The van der Waals surface area contributed by atoms with Gasteiger partial charge in [0, 0.05) is 13.1 Å². The van der Waals surface area contributed by atoms with E-state index in [1.807, 2.05) is 38.1 Å². The average molecular weight is 285 g/mol. The molecule has 2 aromatic rings. The number of nitrogens with one attached hydrogen (secondary N) is 2. The van der Waals surface area contributed by atoms with E-state index in [1.54, 1.807) is 25.2 Å². The third-order valence-corrected chi connectivity index (χ3v) is 3.44. The number of hydrogen-bond donors (Lipinski definition) is 2. The standard InChI is InChI=1S/C16H19N3O2/c1-11-7-9-13(10-8-11)12(2)18-15-6-4-5-14(17-3)16(15)19(20)21/h4-10,12,17-18H,1-3H3. The maximum Gasteiger partial charge on any atom is 0.315 e. The normalized spacial score (nSPS) is 11.8. The van der Waals surface area contributed by atoms with E-state index in [0.717, 1.165) is 5.56 Å². The smallest absolute Gasteiger partial charge is 0.315 e. The molecule has 0 aromatic heterocycles. The summed E-state index contributed by atoms with van der Waals surface area (Å²) in [7, 11) is 1.68. The van der Waals surface area contributed by atoms with Crippen molar-refractivity contribution in [3.8, 4) is 0 Å². The van der Waals surface area contributed by atoms with Gasteiger partial charge in [-0.05, 0) is 31.5 Å². The van der Waals surface area contributed by atoms with E-state index >= 15 is 0 Å². The van der Waals surface area contributed by atoms with Gasteiger partial charge in [-0.15, -0.1) is 0 Å². The molecular weight excluding hydrogens is 266 g/mol. The van der Waals surface area contributed by atoms with Gasteiger partial charge in [0.05, 0.1) is 4.92 Å². The lowest BCUT2D eigenvalue weighted by Gasteiger charge is -2.17. The van der Waals surface area contributed by atoms with Gasteiger partial charge in [-0.2, -0.15) is 0 Å². The summed E-state index contributed by atoms with van der Waals surface area (Å²) < 4.78 is 0. The summed E-state index contributed by atoms with van der Waals surface area (Å²) in [5, 5.41) is 17.4. The van der Waals surface area contributed by atoms with Gasteiger partial charge in [0.15, 0.2) is 0 Å². The first-order valence-corrected chi connectivity index (χ1v) is 6.81. The number of para-hydroxylation sites is 1. The van der Waals surface area contributed by atoms with Crippen molar-refractivity contribution in [2.45, 2.75) is 19.9 Å². The first-order valence-electron chi connectivity index (χ1n) is 6.81. The molecule has 110 valence electrons. The number of nitrogens with zero attached hydrogens (tertiary/aromatic N) is 1. The fourth-order valence-corrected chi connectivity index (χ4v) is 2.23. The summed E-state index contributed by atoms with van der Waals surface area (Å²) in [5.41, 5.74) is 3.36. The highest BCUT2D eigenvalue weighted by Crippen LogP contribution is 2.34. The molecule has 0 fully saturated rings. The Morgan fingerprint density at radius 1 is 1.10 bits per heavy atom. The first kappa shape index (κ1) is 14.8. The van der Waals surface area contributed by atoms with Gasteiger partial charge in [0.25, 0.3) is 0 Å². The SMILES string of the molecule is CNc1cccc(NC(C)c2ccc(C)cc2)c1[N+](=O)[O-]. The van der Waals surface area contributed by atoms with Crippen molar-refractivity contribution >= 4 is 17.1 Å². The molecular formula is C16H19N3O2. The Morgan fingerprint density at radius 2 is 1.71 bits per heavy atom. The number of aryl methyl sites for hydroxylation is 1. The van der Waals surface area contributed by atoms with Crippen LogP contribution in [0.5, 0.6) is 0 Å². The van der Waals surface area contributed by atoms with Gasteiger partial charge in [0.2, 0.25) is 0 Å². The monoisotopic (exact) mass is 285 g/mol. The zero-order chi connectivity index (χ0) is 15.4. The van der Waals surface area contributed by atoms with Crippen LogP contribution in [0.25, 0.3) is 0 Å². The van der Waals surface area contributed by atoms with Gasteiger partial charge in [-0.25, -0.2) is 0 Å². The number of benzene rings is 2. The van der Waals surface area contributed by atoms with Crippen LogP contribution < -0.4 is 10.6 Å². The molecule has 0 aliphatic heterocycles. The lowest BCUT2D eigenvalue weighted by molar-refractivity contribution is -0.383. The maximum absolute atomic E-state index is 11.3. The quantitative estimate of drug-likeness (QED) is 0.640. The van der Waals surface area contributed by atoms with E-state index in [0.29, 0.717) is 11.4 Å². The molecule has 0 bridgehead atoms. The van der Waals surface area contributed by atoms with Gasteiger partial charge in [0.1, 0.15) is 11.4 Å². The molecule has 0 radical (unpaired) electrons. The van der Waals surface area contributed by atoms with Crippen LogP contribution >= 0.6 is 0 Å². The highest BCUT2D eigenvalue weighted by atomic mass is 16.6. The van der Waals surface area contributed by atoms with E-state index in [2.05, 4.69) is 10.6 Å². The predicted molar refractivity (Wildman–Crippen MR) is 85.9 cm³/mol.